The summed E-state index contributed by atoms with van der Waals surface area (Å²) in [5, 5.41) is 34.7. The zero-order valence-electron chi connectivity index (χ0n) is 30.1. The number of hydrogen-bond donors (Lipinski definition) is 4. The molecule has 0 spiro atoms. The van der Waals surface area contributed by atoms with Crippen LogP contribution in [0.15, 0.2) is 101 Å². The van der Waals surface area contributed by atoms with E-state index >= 15 is 0 Å². The first-order valence-electron chi connectivity index (χ1n) is 18.3. The van der Waals surface area contributed by atoms with E-state index in [0.717, 1.165) is 41.0 Å². The Kier molecular flexibility index (Phi) is 15.5. The summed E-state index contributed by atoms with van der Waals surface area (Å²) in [6.45, 7) is 4.82. The lowest BCUT2D eigenvalue weighted by molar-refractivity contribution is -0.307. The van der Waals surface area contributed by atoms with E-state index < -0.39 is 12.1 Å². The average Bonchev–Trinajstić information content (AvgIpc) is 3.67. The zero-order valence-corrected chi connectivity index (χ0v) is 30.1. The molecule has 0 aliphatic carbocycles. The Labute approximate surface area is 303 Å². The molecule has 1 aliphatic rings. The van der Waals surface area contributed by atoms with Crippen molar-refractivity contribution >= 4 is 12.0 Å². The largest absolute Gasteiger partial charge is 0.875 e. The van der Waals surface area contributed by atoms with Gasteiger partial charge in [0.2, 0.25) is 0 Å². The number of hydrogen-bond acceptors (Lipinski definition) is 8. The minimum Gasteiger partial charge on any atom is -0.875 e. The molecule has 4 rings (SSSR count). The molecule has 0 fully saturated rings. The van der Waals surface area contributed by atoms with Crippen LogP contribution in [0.4, 0.5) is 0 Å². The minimum atomic E-state index is -0.621. The Bertz CT molecular complexity index is 1680. The van der Waals surface area contributed by atoms with Crippen LogP contribution in [0, 0.1) is 5.92 Å². The quantitative estimate of drug-likeness (QED) is 0.0384. The van der Waals surface area contributed by atoms with Gasteiger partial charge in [0.05, 0.1) is 12.8 Å². The standard InChI is InChI=1S/C43H55N3O5/c1-3-4-6-9-30(2)10-7-5-8-11-36(47)19-12-31-14-21-40(49)42(27-31)51-25-23-32-13-20-39(48)38(26-32)37(28-41(50)35-22-24-46-29-35)33-15-17-34(18-16-33)43(44)45/h8,11,13-18,20-22,24,26-27,29-30,37,43,48-50H,3-7,9-10,12,19,23,25,28,44-45H2,1-2H3/p-1. The fraction of sp³-hybridized carbons (Fsp3) is 0.395. The maximum absolute atomic E-state index is 13.2. The van der Waals surface area contributed by atoms with Crippen molar-refractivity contribution in [3.05, 3.63) is 124 Å². The SMILES string of the molecule is CCCCCC(C)CCCC=CC(=O)CCc1ccc(O)c(OCCc2ccc(O)c(C(CC([O-])=C3C=CN=C3)c3ccc(C(N)N)cc3)c2)c1. The predicted octanol–water partition coefficient (Wildman–Crippen LogP) is 7.81. The number of nitrogens with zero attached hydrogens (tertiary/aromatic N) is 1. The third-order valence-corrected chi connectivity index (χ3v) is 9.46. The molecule has 3 aromatic carbocycles. The van der Waals surface area contributed by atoms with Crippen molar-refractivity contribution in [1.29, 1.82) is 0 Å². The topological polar surface area (TPSA) is 154 Å². The van der Waals surface area contributed by atoms with Gasteiger partial charge in [0.25, 0.3) is 0 Å². The highest BCUT2D eigenvalue weighted by atomic mass is 16.5. The molecule has 0 saturated carbocycles. The number of allylic oxidation sites excluding steroid dienone is 5. The molecule has 51 heavy (non-hydrogen) atoms. The van der Waals surface area contributed by atoms with E-state index in [-0.39, 0.29) is 36.1 Å². The summed E-state index contributed by atoms with van der Waals surface area (Å²) in [5.74, 6) is 0.777. The van der Waals surface area contributed by atoms with Gasteiger partial charge in [-0.15, -0.1) is 5.76 Å². The number of unbranched alkanes of at least 4 members (excludes halogenated alkanes) is 3. The number of phenolic OH excluding ortho intramolecular Hbond substituents is 2. The first kappa shape index (κ1) is 39.1. The van der Waals surface area contributed by atoms with Crippen molar-refractivity contribution in [2.24, 2.45) is 22.4 Å². The number of ketones is 1. The summed E-state index contributed by atoms with van der Waals surface area (Å²) in [5.41, 5.74) is 16.2. The summed E-state index contributed by atoms with van der Waals surface area (Å²) in [7, 11) is 0. The molecule has 8 heteroatoms. The second kappa shape index (κ2) is 20.3. The number of carbonyl (C=O) groups is 1. The van der Waals surface area contributed by atoms with E-state index in [9.17, 15) is 20.1 Å². The van der Waals surface area contributed by atoms with Gasteiger partial charge in [-0.05, 0) is 89.8 Å². The molecule has 2 unspecified atom stereocenters. The highest BCUT2D eigenvalue weighted by Gasteiger charge is 2.20. The normalized spacial score (nSPS) is 14.8. The van der Waals surface area contributed by atoms with Crippen molar-refractivity contribution in [2.45, 2.75) is 96.6 Å². The monoisotopic (exact) mass is 692 g/mol. The fourth-order valence-electron chi connectivity index (χ4n) is 6.30. The first-order chi connectivity index (χ1) is 24.6. The van der Waals surface area contributed by atoms with E-state index in [2.05, 4.69) is 18.8 Å². The Balaban J connectivity index is 1.34. The van der Waals surface area contributed by atoms with Gasteiger partial charge >= 0.3 is 0 Å². The number of nitrogens with two attached hydrogens (primary N) is 2. The maximum atomic E-state index is 13.2. The fourth-order valence-corrected chi connectivity index (χ4v) is 6.30. The van der Waals surface area contributed by atoms with Gasteiger partial charge in [-0.25, -0.2) is 0 Å². The number of phenols is 2. The Hall–Kier alpha value is -4.66. The maximum Gasteiger partial charge on any atom is 0.161 e. The van der Waals surface area contributed by atoms with Gasteiger partial charge in [0.1, 0.15) is 5.75 Å². The number of aryl methyl sites for hydroxylation is 1. The molecule has 1 aliphatic heterocycles. The van der Waals surface area contributed by atoms with Gasteiger partial charge in [-0.1, -0.05) is 94.5 Å². The Morgan fingerprint density at radius 2 is 1.63 bits per heavy atom. The molecule has 2 atom stereocenters. The van der Waals surface area contributed by atoms with E-state index in [1.165, 1.54) is 32.1 Å². The van der Waals surface area contributed by atoms with Crippen molar-refractivity contribution in [3.63, 3.8) is 0 Å². The van der Waals surface area contributed by atoms with E-state index in [0.29, 0.717) is 36.1 Å². The Morgan fingerprint density at radius 3 is 2.33 bits per heavy atom. The van der Waals surface area contributed by atoms with Crippen LogP contribution in [0.2, 0.25) is 0 Å². The average molecular weight is 693 g/mol. The van der Waals surface area contributed by atoms with Gasteiger partial charge in [-0.3, -0.25) is 9.79 Å². The molecule has 0 saturated heterocycles. The van der Waals surface area contributed by atoms with Gasteiger partial charge in [0, 0.05) is 36.7 Å². The lowest BCUT2D eigenvalue weighted by Crippen LogP contribution is -2.20. The van der Waals surface area contributed by atoms with Crippen LogP contribution in [-0.2, 0) is 17.6 Å². The number of aliphatic imine (C=N–C) groups is 1. The van der Waals surface area contributed by atoms with Crippen LogP contribution in [0.3, 0.4) is 0 Å². The molecule has 3 aromatic rings. The summed E-state index contributed by atoms with van der Waals surface area (Å²) in [6.07, 6.45) is 17.8. The Morgan fingerprint density at radius 1 is 0.922 bits per heavy atom. The van der Waals surface area contributed by atoms with E-state index in [4.69, 9.17) is 16.2 Å². The van der Waals surface area contributed by atoms with E-state index in [1.807, 2.05) is 48.5 Å². The zero-order chi connectivity index (χ0) is 36.6. The molecule has 0 radical (unpaired) electrons. The summed E-state index contributed by atoms with van der Waals surface area (Å²) in [4.78, 5) is 16.5. The second-order valence-corrected chi connectivity index (χ2v) is 13.6. The number of rotatable bonds is 21. The number of aromatic hydroxyl groups is 2. The molecule has 0 amide bonds. The highest BCUT2D eigenvalue weighted by Crippen LogP contribution is 2.37. The molecule has 272 valence electrons. The van der Waals surface area contributed by atoms with Crippen molar-refractivity contribution in [3.8, 4) is 17.2 Å². The van der Waals surface area contributed by atoms with Crippen LogP contribution in [0.25, 0.3) is 0 Å². The van der Waals surface area contributed by atoms with E-state index in [1.54, 1.807) is 42.8 Å². The van der Waals surface area contributed by atoms with Crippen LogP contribution in [-0.4, -0.2) is 28.8 Å². The van der Waals surface area contributed by atoms with Crippen LogP contribution in [0.5, 0.6) is 17.2 Å². The second-order valence-electron chi connectivity index (χ2n) is 13.6. The molecule has 6 N–H and O–H groups in total. The lowest BCUT2D eigenvalue weighted by atomic mass is 9.85. The van der Waals surface area contributed by atoms with Crippen LogP contribution >= 0.6 is 0 Å². The number of benzene rings is 3. The van der Waals surface area contributed by atoms with Crippen molar-refractivity contribution < 1.29 is 24.9 Å². The minimum absolute atomic E-state index is 0.0292. The number of carbonyl (C=O) groups excluding carboxylic acids is 1. The third kappa shape index (κ3) is 12.6. The predicted molar refractivity (Wildman–Crippen MR) is 204 cm³/mol. The summed E-state index contributed by atoms with van der Waals surface area (Å²) in [6, 6.07) is 18.0. The van der Waals surface area contributed by atoms with Gasteiger partial charge in [-0.2, -0.15) is 0 Å². The molecule has 8 nitrogen and oxygen atoms in total. The summed E-state index contributed by atoms with van der Waals surface area (Å²) < 4.78 is 6.00. The van der Waals surface area contributed by atoms with Gasteiger partial charge < -0.3 is 31.5 Å². The number of ether oxygens (including phenoxy) is 1. The van der Waals surface area contributed by atoms with Crippen molar-refractivity contribution in [2.75, 3.05) is 6.61 Å². The van der Waals surface area contributed by atoms with Crippen LogP contribution in [0.1, 0.15) is 112 Å². The van der Waals surface area contributed by atoms with Crippen molar-refractivity contribution in [1.82, 2.24) is 0 Å². The van der Waals surface area contributed by atoms with Gasteiger partial charge in [0.15, 0.2) is 17.3 Å². The molecule has 0 bridgehead atoms. The molecular formula is C43H54N3O5-. The first-order valence-corrected chi connectivity index (χ1v) is 18.3. The molecule has 1 heterocycles. The summed E-state index contributed by atoms with van der Waals surface area (Å²) >= 11 is 0. The smallest absolute Gasteiger partial charge is 0.161 e. The molecular weight excluding hydrogens is 638 g/mol. The molecule has 0 aromatic heterocycles. The van der Waals surface area contributed by atoms with Crippen LogP contribution < -0.4 is 21.3 Å². The third-order valence-electron chi connectivity index (χ3n) is 9.46. The highest BCUT2D eigenvalue weighted by molar-refractivity contribution is 5.89. The lowest BCUT2D eigenvalue weighted by Gasteiger charge is -2.25.